The van der Waals surface area contributed by atoms with Crippen molar-refractivity contribution in [1.29, 1.82) is 0 Å². The second-order valence-corrected chi connectivity index (χ2v) is 2.37. The number of benzene rings is 1. The second kappa shape index (κ2) is 3.08. The smallest absolute Gasteiger partial charge is 0.0893 e. The molecule has 0 amide bonds. The van der Waals surface area contributed by atoms with E-state index in [0.29, 0.717) is 6.54 Å². The topological polar surface area (TPSA) is 56.5 Å². The van der Waals surface area contributed by atoms with Gasteiger partial charge in [0.2, 0.25) is 0 Å². The highest BCUT2D eigenvalue weighted by Crippen LogP contribution is 1.98. The first-order valence-corrected chi connectivity index (χ1v) is 3.58. The SMILES string of the molecule is c1ccc(Cn2nnnn2)cc1. The van der Waals surface area contributed by atoms with E-state index in [1.807, 2.05) is 30.3 Å². The normalized spacial score (nSPS) is 10.0. The van der Waals surface area contributed by atoms with E-state index in [0.717, 1.165) is 5.56 Å². The Bertz CT molecular complexity index is 328. The summed E-state index contributed by atoms with van der Waals surface area (Å²) in [6.07, 6.45) is 0. The van der Waals surface area contributed by atoms with Crippen LogP contribution in [-0.2, 0) is 6.54 Å². The molecule has 0 atom stereocenters. The monoisotopic (exact) mass is 161 g/mol. The highest BCUT2D eigenvalue weighted by molar-refractivity contribution is 5.14. The largest absolute Gasteiger partial charge is 0.140 e. The molecule has 5 nitrogen and oxygen atoms in total. The van der Waals surface area contributed by atoms with Crippen LogP contribution in [0.3, 0.4) is 0 Å². The fourth-order valence-electron chi connectivity index (χ4n) is 0.956. The maximum atomic E-state index is 3.66. The fourth-order valence-corrected chi connectivity index (χ4v) is 0.956. The van der Waals surface area contributed by atoms with Gasteiger partial charge in [-0.25, -0.2) is 0 Å². The molecule has 1 heterocycles. The van der Waals surface area contributed by atoms with E-state index in [-0.39, 0.29) is 0 Å². The van der Waals surface area contributed by atoms with Gasteiger partial charge >= 0.3 is 0 Å². The molecule has 1 aromatic heterocycles. The van der Waals surface area contributed by atoms with E-state index in [1.54, 1.807) is 0 Å². The summed E-state index contributed by atoms with van der Waals surface area (Å²) in [4.78, 5) is 1.44. The summed E-state index contributed by atoms with van der Waals surface area (Å²) >= 11 is 0. The van der Waals surface area contributed by atoms with Crippen LogP contribution in [0.25, 0.3) is 0 Å². The van der Waals surface area contributed by atoms with Gasteiger partial charge in [-0.2, -0.15) is 0 Å². The van der Waals surface area contributed by atoms with Gasteiger partial charge in [0.25, 0.3) is 0 Å². The first kappa shape index (κ1) is 6.90. The Morgan fingerprint density at radius 3 is 2.33 bits per heavy atom. The molecule has 1 aromatic carbocycles. The minimum absolute atomic E-state index is 0.619. The Labute approximate surface area is 69.0 Å². The third-order valence-electron chi connectivity index (χ3n) is 1.49. The van der Waals surface area contributed by atoms with Crippen molar-refractivity contribution in [3.05, 3.63) is 35.9 Å². The number of rotatable bonds is 2. The maximum absolute atomic E-state index is 3.66. The van der Waals surface area contributed by atoms with Gasteiger partial charge in [0.15, 0.2) is 0 Å². The molecule has 60 valence electrons. The van der Waals surface area contributed by atoms with Crippen molar-refractivity contribution in [2.75, 3.05) is 0 Å². The van der Waals surface area contributed by atoms with Crippen LogP contribution < -0.4 is 0 Å². The lowest BCUT2D eigenvalue weighted by atomic mass is 10.2. The van der Waals surface area contributed by atoms with Gasteiger partial charge in [-0.3, -0.25) is 0 Å². The average molecular weight is 161 g/mol. The van der Waals surface area contributed by atoms with Crippen LogP contribution in [0.15, 0.2) is 30.3 Å². The van der Waals surface area contributed by atoms with Crippen molar-refractivity contribution in [1.82, 2.24) is 25.7 Å². The van der Waals surface area contributed by atoms with Gasteiger partial charge in [0, 0.05) is 0 Å². The van der Waals surface area contributed by atoms with Crippen LogP contribution in [-0.4, -0.2) is 25.7 Å². The van der Waals surface area contributed by atoms with Crippen molar-refractivity contribution >= 4 is 0 Å². The Hall–Kier alpha value is -1.78. The molecular weight excluding hydrogens is 154 g/mol. The third kappa shape index (κ3) is 1.45. The van der Waals surface area contributed by atoms with Gasteiger partial charge in [0.05, 0.1) is 6.54 Å². The number of hydrogen-bond acceptors (Lipinski definition) is 4. The quantitative estimate of drug-likeness (QED) is 0.627. The van der Waals surface area contributed by atoms with Gasteiger partial charge in [-0.15, -0.1) is 4.80 Å². The van der Waals surface area contributed by atoms with Gasteiger partial charge in [-0.1, -0.05) is 30.3 Å². The molecule has 5 heteroatoms. The molecule has 0 radical (unpaired) electrons. The van der Waals surface area contributed by atoms with Crippen LogP contribution in [0.4, 0.5) is 0 Å². The van der Waals surface area contributed by atoms with Crippen molar-refractivity contribution < 1.29 is 0 Å². The molecule has 0 unspecified atom stereocenters. The zero-order chi connectivity index (χ0) is 8.23. The van der Waals surface area contributed by atoms with Crippen LogP contribution >= 0.6 is 0 Å². The van der Waals surface area contributed by atoms with Crippen molar-refractivity contribution in [3.63, 3.8) is 0 Å². The lowest BCUT2D eigenvalue weighted by molar-refractivity contribution is 0.565. The predicted molar refractivity (Wildman–Crippen MR) is 41.2 cm³/mol. The Morgan fingerprint density at radius 1 is 1.00 bits per heavy atom. The zero-order valence-corrected chi connectivity index (χ0v) is 6.33. The summed E-state index contributed by atoms with van der Waals surface area (Å²) < 4.78 is 0. The number of aromatic nitrogens is 5. The van der Waals surface area contributed by atoms with Crippen LogP contribution in [0.2, 0.25) is 0 Å². The molecule has 0 saturated carbocycles. The molecule has 0 aliphatic rings. The highest BCUT2D eigenvalue weighted by Gasteiger charge is 1.94. The van der Waals surface area contributed by atoms with E-state index < -0.39 is 0 Å². The number of hydrogen-bond donors (Lipinski definition) is 0. The van der Waals surface area contributed by atoms with E-state index in [2.05, 4.69) is 20.9 Å². The summed E-state index contributed by atoms with van der Waals surface area (Å²) in [5, 5.41) is 14.1. The molecule has 0 bridgehead atoms. The first-order chi connectivity index (χ1) is 5.95. The van der Waals surface area contributed by atoms with Gasteiger partial charge in [0.1, 0.15) is 0 Å². The van der Waals surface area contributed by atoms with Crippen molar-refractivity contribution in [2.45, 2.75) is 6.54 Å². The lowest BCUT2D eigenvalue weighted by Gasteiger charge is -1.95. The zero-order valence-electron chi connectivity index (χ0n) is 6.33. The highest BCUT2D eigenvalue weighted by atomic mass is 15.7. The van der Waals surface area contributed by atoms with Crippen LogP contribution in [0.1, 0.15) is 5.56 Å². The molecule has 0 aliphatic carbocycles. The summed E-state index contributed by atoms with van der Waals surface area (Å²) in [5.74, 6) is 0. The summed E-state index contributed by atoms with van der Waals surface area (Å²) in [6.45, 7) is 0.619. The van der Waals surface area contributed by atoms with Crippen LogP contribution in [0.5, 0.6) is 0 Å². The summed E-state index contributed by atoms with van der Waals surface area (Å²) in [5.41, 5.74) is 1.14. The predicted octanol–water partition coefficient (Wildman–Crippen LogP) is 0.116. The molecule has 2 rings (SSSR count). The number of nitrogens with zero attached hydrogens (tertiary/aromatic N) is 5. The molecule has 12 heavy (non-hydrogen) atoms. The third-order valence-corrected chi connectivity index (χ3v) is 1.49. The van der Waals surface area contributed by atoms with Gasteiger partial charge in [-0.05, 0) is 26.4 Å². The molecule has 2 aromatic rings. The minimum atomic E-state index is 0.619. The van der Waals surface area contributed by atoms with Crippen LogP contribution in [0, 0.1) is 0 Å². The summed E-state index contributed by atoms with van der Waals surface area (Å²) in [7, 11) is 0. The molecule has 0 N–H and O–H groups in total. The second-order valence-electron chi connectivity index (χ2n) is 2.37. The van der Waals surface area contributed by atoms with Gasteiger partial charge < -0.3 is 0 Å². The molecule has 0 spiro atoms. The standard InChI is InChI=1S/C7H7N5/c1-2-4-7(5-3-1)6-12-10-8-9-11-12/h1-5H,6H2. The molecular formula is C7H7N5. The van der Waals surface area contributed by atoms with E-state index in [1.165, 1.54) is 4.80 Å². The molecule has 0 saturated heterocycles. The van der Waals surface area contributed by atoms with Crippen molar-refractivity contribution in [2.24, 2.45) is 0 Å². The average Bonchev–Trinajstić information content (AvgIpc) is 2.59. The Kier molecular flexibility index (Phi) is 1.77. The molecule has 0 fully saturated rings. The molecule has 0 aliphatic heterocycles. The maximum Gasteiger partial charge on any atom is 0.0893 e. The lowest BCUT2D eigenvalue weighted by Crippen LogP contribution is -2.03. The summed E-state index contributed by atoms with van der Waals surface area (Å²) in [6, 6.07) is 9.92. The fraction of sp³-hybridized carbons (Fsp3) is 0.143. The van der Waals surface area contributed by atoms with E-state index >= 15 is 0 Å². The Balaban J connectivity index is 2.15. The van der Waals surface area contributed by atoms with E-state index in [4.69, 9.17) is 0 Å². The van der Waals surface area contributed by atoms with Crippen molar-refractivity contribution in [3.8, 4) is 0 Å². The Morgan fingerprint density at radius 2 is 1.67 bits per heavy atom. The first-order valence-electron chi connectivity index (χ1n) is 3.58. The minimum Gasteiger partial charge on any atom is -0.140 e. The van der Waals surface area contributed by atoms with E-state index in [9.17, 15) is 0 Å².